The maximum atomic E-state index is 14.5. The van der Waals surface area contributed by atoms with E-state index in [4.69, 9.17) is 0 Å². The number of carbonyl (C=O) groups is 1. The predicted octanol–water partition coefficient (Wildman–Crippen LogP) is 4.13. The highest BCUT2D eigenvalue weighted by atomic mass is 19.1. The van der Waals surface area contributed by atoms with Gasteiger partial charge in [0, 0.05) is 24.5 Å². The Morgan fingerprint density at radius 1 is 1.15 bits per heavy atom. The lowest BCUT2D eigenvalue weighted by atomic mass is 9.90. The summed E-state index contributed by atoms with van der Waals surface area (Å²) < 4.78 is 16.2. The molecule has 1 aliphatic carbocycles. The molecule has 3 aromatic rings. The van der Waals surface area contributed by atoms with Crippen molar-refractivity contribution in [3.8, 4) is 5.69 Å². The Balaban J connectivity index is 1.45. The lowest BCUT2D eigenvalue weighted by Crippen LogP contribution is -2.23. The number of imidazole rings is 1. The molecule has 1 heterocycles. The number of carbonyl (C=O) groups excluding carboxylic acids is 1. The molecule has 0 aliphatic heterocycles. The van der Waals surface area contributed by atoms with Crippen molar-refractivity contribution >= 4 is 5.91 Å². The molecule has 1 aromatic heterocycles. The summed E-state index contributed by atoms with van der Waals surface area (Å²) in [4.78, 5) is 16.6. The monoisotopic (exact) mass is 363 g/mol. The topological polar surface area (TPSA) is 46.9 Å². The van der Waals surface area contributed by atoms with Crippen LogP contribution in [0, 0.1) is 12.7 Å². The van der Waals surface area contributed by atoms with Crippen LogP contribution in [0.2, 0.25) is 0 Å². The minimum absolute atomic E-state index is 0.127. The van der Waals surface area contributed by atoms with E-state index in [-0.39, 0.29) is 18.3 Å². The first-order chi connectivity index (χ1) is 13.1. The molecule has 0 spiro atoms. The number of aromatic nitrogens is 2. The summed E-state index contributed by atoms with van der Waals surface area (Å²) in [5.41, 5.74) is 4.47. The molecule has 2 aromatic carbocycles. The number of nitrogens with zero attached hydrogens (tertiary/aromatic N) is 2. The van der Waals surface area contributed by atoms with Gasteiger partial charge in [0.1, 0.15) is 11.6 Å². The van der Waals surface area contributed by atoms with Crippen molar-refractivity contribution in [2.24, 2.45) is 0 Å². The zero-order valence-corrected chi connectivity index (χ0v) is 15.3. The maximum Gasteiger partial charge on any atom is 0.251 e. The molecule has 138 valence electrons. The van der Waals surface area contributed by atoms with E-state index in [1.165, 1.54) is 30.0 Å². The molecule has 1 aliphatic rings. The zero-order valence-electron chi connectivity index (χ0n) is 15.3. The molecule has 1 amide bonds. The van der Waals surface area contributed by atoms with Crippen molar-refractivity contribution in [3.05, 3.63) is 82.7 Å². The van der Waals surface area contributed by atoms with E-state index in [9.17, 15) is 9.18 Å². The van der Waals surface area contributed by atoms with Gasteiger partial charge in [-0.15, -0.1) is 0 Å². The van der Waals surface area contributed by atoms with Gasteiger partial charge in [-0.3, -0.25) is 4.79 Å². The molecule has 0 unspecified atom stereocenters. The summed E-state index contributed by atoms with van der Waals surface area (Å²) in [7, 11) is 0. The predicted molar refractivity (Wildman–Crippen MR) is 103 cm³/mol. The molecule has 0 saturated carbocycles. The van der Waals surface area contributed by atoms with Crippen LogP contribution in [0.15, 0.2) is 48.8 Å². The van der Waals surface area contributed by atoms with Crippen LogP contribution in [-0.2, 0) is 19.4 Å². The minimum Gasteiger partial charge on any atom is -0.348 e. The van der Waals surface area contributed by atoms with Gasteiger partial charge in [0.25, 0.3) is 5.91 Å². The Bertz CT molecular complexity index is 993. The van der Waals surface area contributed by atoms with Crippen molar-refractivity contribution in [1.29, 1.82) is 0 Å². The largest absolute Gasteiger partial charge is 0.348 e. The molecule has 0 bridgehead atoms. The highest BCUT2D eigenvalue weighted by Gasteiger charge is 2.13. The van der Waals surface area contributed by atoms with Gasteiger partial charge < -0.3 is 9.88 Å². The van der Waals surface area contributed by atoms with Gasteiger partial charge in [-0.05, 0) is 73.6 Å². The number of hydrogen-bond acceptors (Lipinski definition) is 2. The molecule has 0 saturated heterocycles. The number of aryl methyl sites for hydroxylation is 3. The van der Waals surface area contributed by atoms with Crippen LogP contribution in [0.5, 0.6) is 0 Å². The smallest absolute Gasteiger partial charge is 0.251 e. The summed E-state index contributed by atoms with van der Waals surface area (Å²) in [6, 6.07) is 10.9. The number of amides is 1. The highest BCUT2D eigenvalue weighted by Crippen LogP contribution is 2.22. The fraction of sp³-hybridized carbons (Fsp3) is 0.273. The van der Waals surface area contributed by atoms with E-state index in [1.54, 1.807) is 23.0 Å². The first kappa shape index (κ1) is 17.5. The fourth-order valence-corrected chi connectivity index (χ4v) is 3.65. The summed E-state index contributed by atoms with van der Waals surface area (Å²) in [5.74, 6) is 0.261. The van der Waals surface area contributed by atoms with Crippen molar-refractivity contribution in [3.63, 3.8) is 0 Å². The zero-order chi connectivity index (χ0) is 18.8. The Kier molecular flexibility index (Phi) is 4.75. The van der Waals surface area contributed by atoms with Crippen LogP contribution in [-0.4, -0.2) is 15.5 Å². The van der Waals surface area contributed by atoms with Gasteiger partial charge in [-0.25, -0.2) is 9.37 Å². The number of rotatable bonds is 4. The van der Waals surface area contributed by atoms with E-state index in [0.29, 0.717) is 11.3 Å². The van der Waals surface area contributed by atoms with Gasteiger partial charge in [-0.1, -0.05) is 12.1 Å². The van der Waals surface area contributed by atoms with Crippen molar-refractivity contribution in [1.82, 2.24) is 14.9 Å². The van der Waals surface area contributed by atoms with E-state index in [0.717, 1.165) is 24.2 Å². The Labute approximate surface area is 158 Å². The summed E-state index contributed by atoms with van der Waals surface area (Å²) >= 11 is 0. The van der Waals surface area contributed by atoms with Crippen LogP contribution >= 0.6 is 0 Å². The molecule has 1 N–H and O–H groups in total. The second-order valence-corrected chi connectivity index (χ2v) is 7.00. The Hall–Kier alpha value is -2.95. The molecule has 0 atom stereocenters. The summed E-state index contributed by atoms with van der Waals surface area (Å²) in [6.45, 7) is 2.11. The third-order valence-corrected chi connectivity index (χ3v) is 5.16. The standard InChI is InChI=1S/C22H22FN3O/c1-15-24-10-11-26(15)21-9-6-16(12-20(21)23)14-25-22(27)19-8-7-17-4-2-3-5-18(17)13-19/h6-13H,2-5,14H2,1H3,(H,25,27). The number of halogens is 1. The van der Waals surface area contributed by atoms with Gasteiger partial charge in [0.15, 0.2) is 0 Å². The lowest BCUT2D eigenvalue weighted by molar-refractivity contribution is 0.0950. The number of benzene rings is 2. The van der Waals surface area contributed by atoms with Crippen LogP contribution in [0.1, 0.15) is 45.7 Å². The second-order valence-electron chi connectivity index (χ2n) is 7.00. The number of fused-ring (bicyclic) bond motifs is 1. The van der Waals surface area contributed by atoms with Crippen LogP contribution in [0.4, 0.5) is 4.39 Å². The van der Waals surface area contributed by atoms with E-state index < -0.39 is 0 Å². The van der Waals surface area contributed by atoms with Gasteiger partial charge in [-0.2, -0.15) is 0 Å². The molecule has 0 fully saturated rings. The van der Waals surface area contributed by atoms with E-state index >= 15 is 0 Å². The number of nitrogens with one attached hydrogen (secondary N) is 1. The van der Waals surface area contributed by atoms with Crippen LogP contribution < -0.4 is 5.32 Å². The molecule has 5 heteroatoms. The second kappa shape index (κ2) is 7.35. The average Bonchev–Trinajstić information content (AvgIpc) is 3.11. The first-order valence-electron chi connectivity index (χ1n) is 9.30. The molecule has 4 rings (SSSR count). The van der Waals surface area contributed by atoms with Crippen molar-refractivity contribution in [2.75, 3.05) is 0 Å². The van der Waals surface area contributed by atoms with Gasteiger partial charge >= 0.3 is 0 Å². The maximum absolute atomic E-state index is 14.5. The van der Waals surface area contributed by atoms with Crippen molar-refractivity contribution in [2.45, 2.75) is 39.2 Å². The quantitative estimate of drug-likeness (QED) is 0.758. The average molecular weight is 363 g/mol. The first-order valence-corrected chi connectivity index (χ1v) is 9.30. The molecular weight excluding hydrogens is 341 g/mol. The third-order valence-electron chi connectivity index (χ3n) is 5.16. The summed E-state index contributed by atoms with van der Waals surface area (Å²) in [5, 5.41) is 2.89. The normalized spacial score (nSPS) is 13.3. The lowest BCUT2D eigenvalue weighted by Gasteiger charge is -2.16. The van der Waals surface area contributed by atoms with Crippen LogP contribution in [0.25, 0.3) is 5.69 Å². The van der Waals surface area contributed by atoms with E-state index in [2.05, 4.69) is 16.4 Å². The van der Waals surface area contributed by atoms with E-state index in [1.807, 2.05) is 25.1 Å². The number of hydrogen-bond donors (Lipinski definition) is 1. The van der Waals surface area contributed by atoms with Crippen molar-refractivity contribution < 1.29 is 9.18 Å². The van der Waals surface area contributed by atoms with Gasteiger partial charge in [0.2, 0.25) is 0 Å². The third kappa shape index (κ3) is 3.63. The SMILES string of the molecule is Cc1nccn1-c1ccc(CNC(=O)c2ccc3c(c2)CCCC3)cc1F. The fourth-order valence-electron chi connectivity index (χ4n) is 3.65. The highest BCUT2D eigenvalue weighted by molar-refractivity contribution is 5.94. The Morgan fingerprint density at radius 3 is 2.70 bits per heavy atom. The molecule has 0 radical (unpaired) electrons. The van der Waals surface area contributed by atoms with Crippen LogP contribution in [0.3, 0.4) is 0 Å². The van der Waals surface area contributed by atoms with Gasteiger partial charge in [0.05, 0.1) is 5.69 Å². The minimum atomic E-state index is -0.336. The summed E-state index contributed by atoms with van der Waals surface area (Å²) in [6.07, 6.45) is 7.90. The Morgan fingerprint density at radius 2 is 1.96 bits per heavy atom. The molecular formula is C22H22FN3O. The molecule has 4 nitrogen and oxygen atoms in total. The molecule has 27 heavy (non-hydrogen) atoms.